The van der Waals surface area contributed by atoms with Gasteiger partial charge in [0.1, 0.15) is 6.29 Å². The number of hydrogen-bond acceptors (Lipinski definition) is 4. The van der Waals surface area contributed by atoms with Crippen LogP contribution >= 0.6 is 0 Å². The molecule has 1 N–H and O–H groups in total. The van der Waals surface area contributed by atoms with Crippen LogP contribution in [0.4, 0.5) is 0 Å². The highest BCUT2D eigenvalue weighted by Gasteiger charge is 2.16. The summed E-state index contributed by atoms with van der Waals surface area (Å²) in [6.07, 6.45) is 0.593. The van der Waals surface area contributed by atoms with Crippen LogP contribution in [-0.2, 0) is 16.0 Å². The number of carboxylic acid groups (broad SMARTS) is 1. The Morgan fingerprint density at radius 3 is 2.67 bits per heavy atom. The first-order valence-electron chi connectivity index (χ1n) is 5.56. The molecule has 0 fully saturated rings. The first kappa shape index (κ1) is 13.9. The van der Waals surface area contributed by atoms with E-state index in [4.69, 9.17) is 9.84 Å². The van der Waals surface area contributed by atoms with E-state index in [1.54, 1.807) is 19.1 Å². The second-order valence-corrected chi connectivity index (χ2v) is 3.61. The van der Waals surface area contributed by atoms with Crippen molar-refractivity contribution in [2.24, 2.45) is 0 Å². The average molecular weight is 250 g/mol. The van der Waals surface area contributed by atoms with Gasteiger partial charge in [0.25, 0.3) is 0 Å². The lowest BCUT2D eigenvalue weighted by Crippen LogP contribution is -2.11. The van der Waals surface area contributed by atoms with Crippen LogP contribution in [0.25, 0.3) is 0 Å². The Bertz CT molecular complexity index is 464. The zero-order valence-corrected chi connectivity index (χ0v) is 10.0. The Labute approximate surface area is 104 Å². The standard InChI is InChI=1S/C13H14O5/c1-2-18-13(17)11-5-3-4-9(8-14)10(11)6-7-12(15)16/h3-5,8H,2,6-7H2,1H3,(H,15,16). The molecule has 5 heteroatoms. The quantitative estimate of drug-likeness (QED) is 0.613. The lowest BCUT2D eigenvalue weighted by atomic mass is 9.97. The SMILES string of the molecule is CCOC(=O)c1cccc(C=O)c1CCC(=O)O. The number of rotatable bonds is 6. The second kappa shape index (κ2) is 6.54. The van der Waals surface area contributed by atoms with E-state index in [-0.39, 0.29) is 25.0 Å². The molecule has 0 saturated heterocycles. The minimum atomic E-state index is -0.981. The minimum Gasteiger partial charge on any atom is -0.481 e. The number of carboxylic acids is 1. The van der Waals surface area contributed by atoms with Gasteiger partial charge < -0.3 is 9.84 Å². The van der Waals surface area contributed by atoms with Gasteiger partial charge in [-0.2, -0.15) is 0 Å². The highest BCUT2D eigenvalue weighted by molar-refractivity contribution is 5.94. The monoisotopic (exact) mass is 250 g/mol. The van der Waals surface area contributed by atoms with Crippen LogP contribution in [0.15, 0.2) is 18.2 Å². The molecule has 0 saturated carbocycles. The molecule has 1 aromatic carbocycles. The molecule has 0 spiro atoms. The number of carbonyl (C=O) groups is 3. The zero-order chi connectivity index (χ0) is 13.5. The second-order valence-electron chi connectivity index (χ2n) is 3.61. The normalized spacial score (nSPS) is 9.83. The molecule has 0 bridgehead atoms. The van der Waals surface area contributed by atoms with Gasteiger partial charge in [0, 0.05) is 12.0 Å². The van der Waals surface area contributed by atoms with Gasteiger partial charge in [-0.05, 0) is 25.0 Å². The molecular formula is C13H14O5. The van der Waals surface area contributed by atoms with Gasteiger partial charge >= 0.3 is 11.9 Å². The smallest absolute Gasteiger partial charge is 0.338 e. The summed E-state index contributed by atoms with van der Waals surface area (Å²) >= 11 is 0. The van der Waals surface area contributed by atoms with Crippen LogP contribution in [0.5, 0.6) is 0 Å². The van der Waals surface area contributed by atoms with E-state index in [0.717, 1.165) is 0 Å². The van der Waals surface area contributed by atoms with Gasteiger partial charge in [0.05, 0.1) is 12.2 Å². The van der Waals surface area contributed by atoms with Crippen LogP contribution in [0.3, 0.4) is 0 Å². The van der Waals surface area contributed by atoms with E-state index < -0.39 is 11.9 Å². The highest BCUT2D eigenvalue weighted by Crippen LogP contribution is 2.17. The van der Waals surface area contributed by atoms with Gasteiger partial charge in [-0.15, -0.1) is 0 Å². The summed E-state index contributed by atoms with van der Waals surface area (Å²) in [5.74, 6) is -1.52. The Kier molecular flexibility index (Phi) is 5.05. The predicted octanol–water partition coefficient (Wildman–Crippen LogP) is 1.69. The van der Waals surface area contributed by atoms with E-state index in [9.17, 15) is 14.4 Å². The molecule has 0 aliphatic carbocycles. The third-order valence-corrected chi connectivity index (χ3v) is 2.42. The maximum absolute atomic E-state index is 11.7. The van der Waals surface area contributed by atoms with Gasteiger partial charge in [0.15, 0.2) is 0 Å². The Morgan fingerprint density at radius 1 is 1.39 bits per heavy atom. The number of aliphatic carboxylic acids is 1. The van der Waals surface area contributed by atoms with Gasteiger partial charge in [0.2, 0.25) is 0 Å². The van der Waals surface area contributed by atoms with Gasteiger partial charge in [-0.25, -0.2) is 4.79 Å². The molecule has 1 rings (SSSR count). The van der Waals surface area contributed by atoms with Crippen molar-refractivity contribution >= 4 is 18.2 Å². The molecule has 0 aromatic heterocycles. The first-order chi connectivity index (χ1) is 8.60. The van der Waals surface area contributed by atoms with E-state index in [2.05, 4.69) is 0 Å². The summed E-state index contributed by atoms with van der Waals surface area (Å²) in [7, 11) is 0. The van der Waals surface area contributed by atoms with E-state index in [0.29, 0.717) is 17.4 Å². The van der Waals surface area contributed by atoms with Gasteiger partial charge in [-0.3, -0.25) is 9.59 Å². The van der Waals surface area contributed by atoms with Crippen molar-refractivity contribution in [1.29, 1.82) is 0 Å². The topological polar surface area (TPSA) is 80.7 Å². The molecule has 1 aromatic rings. The number of carbonyl (C=O) groups excluding carboxylic acids is 2. The van der Waals surface area contributed by atoms with Crippen LogP contribution in [-0.4, -0.2) is 29.9 Å². The summed E-state index contributed by atoms with van der Waals surface area (Å²) in [6.45, 7) is 1.90. The zero-order valence-electron chi connectivity index (χ0n) is 10.0. The molecule has 96 valence electrons. The third kappa shape index (κ3) is 3.41. The summed E-state index contributed by atoms with van der Waals surface area (Å²) < 4.78 is 4.87. The van der Waals surface area contributed by atoms with Crippen LogP contribution in [0, 0.1) is 0 Å². The van der Waals surface area contributed by atoms with Crippen molar-refractivity contribution < 1.29 is 24.2 Å². The molecule has 0 atom stereocenters. The lowest BCUT2D eigenvalue weighted by molar-refractivity contribution is -0.136. The fourth-order valence-electron chi connectivity index (χ4n) is 1.63. The van der Waals surface area contributed by atoms with Crippen LogP contribution in [0.2, 0.25) is 0 Å². The van der Waals surface area contributed by atoms with Crippen molar-refractivity contribution in [1.82, 2.24) is 0 Å². The fraction of sp³-hybridized carbons (Fsp3) is 0.308. The van der Waals surface area contributed by atoms with Gasteiger partial charge in [-0.1, -0.05) is 12.1 Å². The summed E-state index contributed by atoms with van der Waals surface area (Å²) in [6, 6.07) is 4.65. The molecule has 18 heavy (non-hydrogen) atoms. The van der Waals surface area contributed by atoms with E-state index in [1.807, 2.05) is 0 Å². The molecular weight excluding hydrogens is 236 g/mol. The summed E-state index contributed by atoms with van der Waals surface area (Å²) in [4.78, 5) is 33.2. The molecule has 0 heterocycles. The van der Waals surface area contributed by atoms with E-state index in [1.165, 1.54) is 6.07 Å². The fourth-order valence-corrected chi connectivity index (χ4v) is 1.63. The molecule has 5 nitrogen and oxygen atoms in total. The largest absolute Gasteiger partial charge is 0.481 e. The van der Waals surface area contributed by atoms with E-state index >= 15 is 0 Å². The average Bonchev–Trinajstić information content (AvgIpc) is 2.36. The number of esters is 1. The first-order valence-corrected chi connectivity index (χ1v) is 5.56. The maximum Gasteiger partial charge on any atom is 0.338 e. The predicted molar refractivity (Wildman–Crippen MR) is 63.7 cm³/mol. The van der Waals surface area contributed by atoms with Crippen molar-refractivity contribution in [3.63, 3.8) is 0 Å². The molecule has 0 amide bonds. The number of benzene rings is 1. The summed E-state index contributed by atoms with van der Waals surface area (Å²) in [5, 5.41) is 8.67. The molecule has 0 aliphatic heterocycles. The lowest BCUT2D eigenvalue weighted by Gasteiger charge is -2.10. The van der Waals surface area contributed by atoms with Crippen molar-refractivity contribution in [3.05, 3.63) is 34.9 Å². The number of ether oxygens (including phenoxy) is 1. The van der Waals surface area contributed by atoms with Crippen molar-refractivity contribution in [2.45, 2.75) is 19.8 Å². The minimum absolute atomic E-state index is 0.123. The van der Waals surface area contributed by atoms with Crippen LogP contribution in [0.1, 0.15) is 39.6 Å². The third-order valence-electron chi connectivity index (χ3n) is 2.42. The molecule has 0 unspecified atom stereocenters. The Balaban J connectivity index is 3.11. The number of aldehydes is 1. The van der Waals surface area contributed by atoms with Crippen LogP contribution < -0.4 is 0 Å². The van der Waals surface area contributed by atoms with Crippen molar-refractivity contribution in [2.75, 3.05) is 6.61 Å². The van der Waals surface area contributed by atoms with Crippen molar-refractivity contribution in [3.8, 4) is 0 Å². The highest BCUT2D eigenvalue weighted by atomic mass is 16.5. The Hall–Kier alpha value is -2.17. The molecule has 0 radical (unpaired) electrons. The number of hydrogen-bond donors (Lipinski definition) is 1. The summed E-state index contributed by atoms with van der Waals surface area (Å²) in [5.41, 5.74) is 0.998. The maximum atomic E-state index is 11.7. The molecule has 0 aliphatic rings. The Morgan fingerprint density at radius 2 is 2.11 bits per heavy atom.